The minimum absolute atomic E-state index is 0.224. The Balaban J connectivity index is 2.14. The molecule has 0 unspecified atom stereocenters. The van der Waals surface area contributed by atoms with Gasteiger partial charge in [0.05, 0.1) is 38.4 Å². The average molecular weight is 784 g/mol. The van der Waals surface area contributed by atoms with E-state index < -0.39 is 175 Å². The minimum atomic E-state index is -4.43. The molecule has 0 aliphatic rings. The molecule has 0 radical (unpaired) electrons. The lowest BCUT2D eigenvalue weighted by Crippen LogP contribution is -2.51. The van der Waals surface area contributed by atoms with E-state index in [0.717, 1.165) is 20.8 Å². The van der Waals surface area contributed by atoms with Gasteiger partial charge in [-0.25, -0.2) is 79.0 Å². The van der Waals surface area contributed by atoms with E-state index in [4.69, 9.17) is 0 Å². The van der Waals surface area contributed by atoms with Gasteiger partial charge in [0.1, 0.15) is 17.3 Å². The van der Waals surface area contributed by atoms with Gasteiger partial charge in [0, 0.05) is 0 Å². The van der Waals surface area contributed by atoms with Gasteiger partial charge in [-0.15, -0.1) is 0 Å². The monoisotopic (exact) mass is 783 g/mol. The summed E-state index contributed by atoms with van der Waals surface area (Å²) in [7, 11) is -4.43. The Bertz CT molecular complexity index is 2340. The van der Waals surface area contributed by atoms with Gasteiger partial charge in [-0.3, -0.25) is 0 Å². The van der Waals surface area contributed by atoms with Crippen molar-refractivity contribution in [2.75, 3.05) is 4.57 Å². The molecule has 278 valence electrons. The maximum atomic E-state index is 16.7. The number of hydrogen-bond donors (Lipinski definition) is 0. The molecule has 52 heavy (non-hydrogen) atoms. The van der Waals surface area contributed by atoms with Crippen LogP contribution in [0.4, 0.5) is 90.4 Å². The highest BCUT2D eigenvalue weighted by atomic mass is 28.3. The molecule has 0 bridgehead atoms. The van der Waals surface area contributed by atoms with Gasteiger partial charge in [-0.05, 0) is 18.1 Å². The summed E-state index contributed by atoms with van der Waals surface area (Å²) in [6, 6.07) is -1.56. The third-order valence-electron chi connectivity index (χ3n) is 9.04. The largest absolute Gasteiger partial charge is 0.361 e. The molecule has 0 spiro atoms. The first-order valence-electron chi connectivity index (χ1n) is 14.5. The van der Waals surface area contributed by atoms with Crippen molar-refractivity contribution in [3.63, 3.8) is 0 Å². The van der Waals surface area contributed by atoms with Crippen molar-refractivity contribution in [2.45, 2.75) is 38.9 Å². The SMILES string of the molecule is CC[Si](CC)(CC)N(c1c(F)c(F)c(F)c(F)c1-c1c(F)c(F)c(F)c(F)c1F)c1c(F)c(F)c2c(F)c3c(F)c(F)c(F)c(F)c3c(F)c2c1F. The second-order valence-electron chi connectivity index (χ2n) is 11.2. The third kappa shape index (κ3) is 4.95. The molecule has 0 saturated carbocycles. The number of halogens is 18. The number of nitrogens with zero attached hydrogens (tertiary/aromatic N) is 1. The summed E-state index contributed by atoms with van der Waals surface area (Å²) in [6.45, 7) is 3.44. The van der Waals surface area contributed by atoms with Crippen LogP contribution in [0.1, 0.15) is 20.8 Å². The Kier molecular flexibility index (Phi) is 9.73. The zero-order valence-corrected chi connectivity index (χ0v) is 26.9. The zero-order chi connectivity index (χ0) is 39.2. The van der Waals surface area contributed by atoms with Gasteiger partial charge in [0.25, 0.3) is 0 Å². The molecule has 0 aromatic heterocycles. The van der Waals surface area contributed by atoms with Crippen molar-refractivity contribution < 1.29 is 79.0 Å². The molecule has 5 aromatic carbocycles. The number of fused-ring (bicyclic) bond motifs is 2. The molecule has 1 nitrogen and oxygen atoms in total. The first-order chi connectivity index (χ1) is 24.2. The van der Waals surface area contributed by atoms with E-state index in [1.54, 1.807) is 0 Å². The molecule has 0 amide bonds. The van der Waals surface area contributed by atoms with E-state index in [0.29, 0.717) is 0 Å². The van der Waals surface area contributed by atoms with Crippen molar-refractivity contribution in [3.8, 4) is 11.1 Å². The maximum Gasteiger partial charge on any atom is 0.200 e. The van der Waals surface area contributed by atoms with Crippen LogP contribution in [0.25, 0.3) is 32.7 Å². The Labute approximate surface area is 279 Å². The minimum Gasteiger partial charge on any atom is -0.361 e. The molecule has 5 aromatic rings. The van der Waals surface area contributed by atoms with Crippen molar-refractivity contribution in [1.29, 1.82) is 0 Å². The fourth-order valence-electron chi connectivity index (χ4n) is 6.24. The Morgan fingerprint density at radius 1 is 0.288 bits per heavy atom. The van der Waals surface area contributed by atoms with Crippen molar-refractivity contribution in [1.82, 2.24) is 0 Å². The number of rotatable bonds is 7. The van der Waals surface area contributed by atoms with Crippen LogP contribution in [-0.4, -0.2) is 8.24 Å². The van der Waals surface area contributed by atoms with Gasteiger partial charge in [-0.2, -0.15) is 0 Å². The molecule has 0 fully saturated rings. The van der Waals surface area contributed by atoms with Gasteiger partial charge < -0.3 is 4.57 Å². The van der Waals surface area contributed by atoms with Crippen molar-refractivity contribution in [2.24, 2.45) is 0 Å². The predicted octanol–water partition coefficient (Wildman–Crippen LogP) is 12.3. The molecule has 20 heteroatoms. The number of hydrogen-bond acceptors (Lipinski definition) is 1. The zero-order valence-electron chi connectivity index (χ0n) is 25.9. The Hall–Kier alpha value is -4.62. The van der Waals surface area contributed by atoms with E-state index in [1.807, 2.05) is 0 Å². The quantitative estimate of drug-likeness (QED) is 0.0522. The standard InChI is InChI=1S/C32H15F18NSi/c1-4-52(5-2,6-3)51(31-12(20(40)26(46)28(48)30(31)50)11-17(37)24(44)27(47)25(45)18(11)38)32-21(41)10-9(19(39)29(32)49)13(33)7-8(14(10)34)16(36)23(43)22(42)15(7)35/h4-6H2,1-3H3. The maximum absolute atomic E-state index is 16.7. The lowest BCUT2D eigenvalue weighted by atomic mass is 9.97. The van der Waals surface area contributed by atoms with Crippen LogP contribution in [0.15, 0.2) is 0 Å². The van der Waals surface area contributed by atoms with Crippen molar-refractivity contribution >= 4 is 41.2 Å². The van der Waals surface area contributed by atoms with E-state index in [-0.39, 0.29) is 4.57 Å². The summed E-state index contributed by atoms with van der Waals surface area (Å²) in [5.41, 5.74) is -9.39. The first kappa shape index (κ1) is 38.6. The molecule has 0 aliphatic heterocycles. The van der Waals surface area contributed by atoms with Crippen LogP contribution in [0.5, 0.6) is 0 Å². The Morgan fingerprint density at radius 2 is 0.558 bits per heavy atom. The highest BCUT2D eigenvalue weighted by molar-refractivity contribution is 6.84. The summed E-state index contributed by atoms with van der Waals surface area (Å²) in [4.78, 5) is 0. The van der Waals surface area contributed by atoms with Gasteiger partial charge in [0.2, 0.25) is 5.82 Å². The smallest absolute Gasteiger partial charge is 0.200 e. The normalized spacial score (nSPS) is 12.2. The summed E-state index contributed by atoms with van der Waals surface area (Å²) in [5, 5.41) is -8.91. The van der Waals surface area contributed by atoms with Crippen LogP contribution < -0.4 is 4.57 Å². The van der Waals surface area contributed by atoms with Crippen molar-refractivity contribution in [3.05, 3.63) is 105 Å². The molecular formula is C32H15F18NSi. The molecule has 5 rings (SSSR count). The molecule has 0 atom stereocenters. The lowest BCUT2D eigenvalue weighted by Gasteiger charge is -2.44. The highest BCUT2D eigenvalue weighted by Crippen LogP contribution is 2.51. The topological polar surface area (TPSA) is 3.24 Å². The lowest BCUT2D eigenvalue weighted by molar-refractivity contribution is 0.379. The van der Waals surface area contributed by atoms with E-state index in [1.165, 1.54) is 0 Å². The Morgan fingerprint density at radius 3 is 0.942 bits per heavy atom. The second-order valence-corrected chi connectivity index (χ2v) is 16.2. The third-order valence-corrected chi connectivity index (χ3v) is 14.4. The second kappa shape index (κ2) is 13.1. The number of benzene rings is 5. The highest BCUT2D eigenvalue weighted by Gasteiger charge is 2.46. The van der Waals surface area contributed by atoms with Crippen LogP contribution in [0.2, 0.25) is 18.1 Å². The van der Waals surface area contributed by atoms with Crippen LogP contribution in [-0.2, 0) is 0 Å². The van der Waals surface area contributed by atoms with E-state index >= 15 is 43.9 Å². The molecule has 0 heterocycles. The van der Waals surface area contributed by atoms with E-state index in [9.17, 15) is 35.1 Å². The predicted molar refractivity (Wildman–Crippen MR) is 152 cm³/mol. The molecule has 0 aliphatic carbocycles. The molecular weight excluding hydrogens is 768 g/mol. The average Bonchev–Trinajstić information content (AvgIpc) is 3.12. The van der Waals surface area contributed by atoms with Gasteiger partial charge in [-0.1, -0.05) is 20.8 Å². The summed E-state index contributed by atoms with van der Waals surface area (Å²) >= 11 is 0. The van der Waals surface area contributed by atoms with Crippen LogP contribution >= 0.6 is 0 Å². The van der Waals surface area contributed by atoms with Gasteiger partial charge >= 0.3 is 0 Å². The van der Waals surface area contributed by atoms with Crippen LogP contribution in [0, 0.1) is 105 Å². The number of anilines is 2. The van der Waals surface area contributed by atoms with Crippen LogP contribution in [0.3, 0.4) is 0 Å². The fraction of sp³-hybridized carbons (Fsp3) is 0.188. The summed E-state index contributed by atoms with van der Waals surface area (Å²) in [5.74, 6) is -50.8. The summed E-state index contributed by atoms with van der Waals surface area (Å²) in [6.07, 6.45) is 0. The van der Waals surface area contributed by atoms with Gasteiger partial charge in [0.15, 0.2) is 95.5 Å². The fourth-order valence-corrected chi connectivity index (χ4v) is 10.0. The molecule has 0 saturated heterocycles. The summed E-state index contributed by atoms with van der Waals surface area (Å²) < 4.78 is 272. The first-order valence-corrected chi connectivity index (χ1v) is 17.1. The molecule has 0 N–H and O–H groups in total. The van der Waals surface area contributed by atoms with E-state index in [2.05, 4.69) is 0 Å².